The molecule has 0 radical (unpaired) electrons. The molecule has 1 rings (SSSR count). The summed E-state index contributed by atoms with van der Waals surface area (Å²) in [5.41, 5.74) is 6.91. The summed E-state index contributed by atoms with van der Waals surface area (Å²) in [5, 5.41) is 8.61. The number of aliphatic carboxylic acids is 1. The zero-order valence-corrected chi connectivity index (χ0v) is 10.4. The lowest BCUT2D eigenvalue weighted by Gasteiger charge is -2.12. The van der Waals surface area contributed by atoms with E-state index in [0.717, 1.165) is 0 Å². The second-order valence-corrected chi connectivity index (χ2v) is 4.46. The number of carboxylic acid groups (broad SMARTS) is 1. The number of carbonyl (C=O) groups is 1. The molecule has 0 aliphatic heterocycles. The van der Waals surface area contributed by atoms with Gasteiger partial charge in [-0.3, -0.25) is 4.79 Å². The van der Waals surface area contributed by atoms with Crippen LogP contribution in [0.15, 0.2) is 22.7 Å². The van der Waals surface area contributed by atoms with Crippen molar-refractivity contribution in [2.24, 2.45) is 5.73 Å². The number of halogens is 2. The predicted molar refractivity (Wildman–Crippen MR) is 62.8 cm³/mol. The van der Waals surface area contributed by atoms with Crippen LogP contribution in [0, 0.1) is 0 Å². The van der Waals surface area contributed by atoms with Crippen molar-refractivity contribution in [3.8, 4) is 0 Å². The first kappa shape index (κ1) is 13.1. The molecule has 0 bridgehead atoms. The van der Waals surface area contributed by atoms with Gasteiger partial charge in [0.1, 0.15) is 6.17 Å². The topological polar surface area (TPSA) is 63.3 Å². The molecule has 2 unspecified atom stereocenters. The summed E-state index contributed by atoms with van der Waals surface area (Å²) in [6, 6.07) is 4.37. The Morgan fingerprint density at radius 3 is 2.69 bits per heavy atom. The summed E-state index contributed by atoms with van der Waals surface area (Å²) >= 11 is 3.24. The van der Waals surface area contributed by atoms with Crippen LogP contribution in [0.1, 0.15) is 36.7 Å². The van der Waals surface area contributed by atoms with Gasteiger partial charge in [-0.15, -0.1) is 0 Å². The first-order valence-corrected chi connectivity index (χ1v) is 5.62. The average Bonchev–Trinajstić information content (AvgIpc) is 2.15. The lowest BCUT2D eigenvalue weighted by Crippen LogP contribution is -2.15. The third kappa shape index (κ3) is 3.28. The Morgan fingerprint density at radius 1 is 1.62 bits per heavy atom. The molecule has 0 aliphatic carbocycles. The molecule has 16 heavy (non-hydrogen) atoms. The maximum absolute atomic E-state index is 13.1. The Labute approximate surface area is 102 Å². The molecule has 0 fully saturated rings. The summed E-state index contributed by atoms with van der Waals surface area (Å²) in [5.74, 6) is -0.952. The molecule has 0 spiro atoms. The lowest BCUT2D eigenvalue weighted by atomic mass is 10.0. The Bertz CT molecular complexity index is 396. The smallest absolute Gasteiger partial charge is 0.305 e. The van der Waals surface area contributed by atoms with Crippen molar-refractivity contribution in [3.05, 3.63) is 33.8 Å². The molecule has 0 saturated carbocycles. The van der Waals surface area contributed by atoms with Crippen molar-refractivity contribution in [3.63, 3.8) is 0 Å². The van der Waals surface area contributed by atoms with E-state index >= 15 is 0 Å². The maximum atomic E-state index is 13.1. The van der Waals surface area contributed by atoms with Crippen molar-refractivity contribution in [1.82, 2.24) is 0 Å². The first-order valence-electron chi connectivity index (χ1n) is 4.82. The van der Waals surface area contributed by atoms with Gasteiger partial charge in [-0.25, -0.2) is 4.39 Å². The summed E-state index contributed by atoms with van der Waals surface area (Å²) in [6.07, 6.45) is -1.21. The van der Waals surface area contributed by atoms with Crippen LogP contribution in [-0.4, -0.2) is 11.1 Å². The number of nitrogens with two attached hydrogens (primary N) is 1. The Hall–Kier alpha value is -0.940. The molecule has 0 aliphatic rings. The number of carboxylic acids is 1. The summed E-state index contributed by atoms with van der Waals surface area (Å²) in [7, 11) is 0. The second kappa shape index (κ2) is 5.41. The number of alkyl halides is 1. The molecule has 5 heteroatoms. The van der Waals surface area contributed by atoms with Gasteiger partial charge < -0.3 is 10.8 Å². The number of benzene rings is 1. The van der Waals surface area contributed by atoms with Crippen molar-refractivity contribution in [2.75, 3.05) is 0 Å². The van der Waals surface area contributed by atoms with Gasteiger partial charge in [0.05, 0.1) is 6.42 Å². The van der Waals surface area contributed by atoms with Gasteiger partial charge in [0.25, 0.3) is 0 Å². The summed E-state index contributed by atoms with van der Waals surface area (Å²) < 4.78 is 13.7. The average molecular weight is 290 g/mol. The molecule has 1 aromatic carbocycles. The summed E-state index contributed by atoms with van der Waals surface area (Å²) in [4.78, 5) is 10.5. The van der Waals surface area contributed by atoms with Crippen LogP contribution in [0.5, 0.6) is 0 Å². The monoisotopic (exact) mass is 289 g/mol. The number of rotatable bonds is 4. The van der Waals surface area contributed by atoms with Crippen LogP contribution < -0.4 is 5.73 Å². The Kier molecular flexibility index (Phi) is 4.44. The minimum atomic E-state index is -1.07. The largest absolute Gasteiger partial charge is 0.481 e. The minimum absolute atomic E-state index is 0.142. The SMILES string of the molecule is CC(F)c1ccc(C(N)CC(=O)O)cc1Br. The van der Waals surface area contributed by atoms with Crippen LogP contribution >= 0.6 is 15.9 Å². The van der Waals surface area contributed by atoms with E-state index in [4.69, 9.17) is 10.8 Å². The predicted octanol–water partition coefficient (Wildman–Crippen LogP) is 2.95. The van der Waals surface area contributed by atoms with Crippen molar-refractivity contribution in [2.45, 2.75) is 25.6 Å². The molecule has 88 valence electrons. The highest BCUT2D eigenvalue weighted by molar-refractivity contribution is 9.10. The first-order chi connectivity index (χ1) is 7.41. The van der Waals surface area contributed by atoms with E-state index in [1.807, 2.05) is 0 Å². The zero-order chi connectivity index (χ0) is 12.3. The third-order valence-corrected chi connectivity index (χ3v) is 2.96. The van der Waals surface area contributed by atoms with Gasteiger partial charge in [-0.2, -0.15) is 0 Å². The van der Waals surface area contributed by atoms with E-state index in [9.17, 15) is 9.18 Å². The highest BCUT2D eigenvalue weighted by atomic mass is 79.9. The fourth-order valence-corrected chi connectivity index (χ4v) is 2.11. The van der Waals surface area contributed by atoms with Crippen molar-refractivity contribution < 1.29 is 14.3 Å². The molecule has 3 nitrogen and oxygen atoms in total. The van der Waals surface area contributed by atoms with Gasteiger partial charge in [-0.1, -0.05) is 28.1 Å². The molecule has 0 amide bonds. The maximum Gasteiger partial charge on any atom is 0.305 e. The van der Waals surface area contributed by atoms with Gasteiger partial charge in [0.15, 0.2) is 0 Å². The highest BCUT2D eigenvalue weighted by Gasteiger charge is 2.14. The quantitative estimate of drug-likeness (QED) is 0.896. The second-order valence-electron chi connectivity index (χ2n) is 3.60. The normalized spacial score (nSPS) is 14.5. The Morgan fingerprint density at radius 2 is 2.25 bits per heavy atom. The van der Waals surface area contributed by atoms with E-state index in [-0.39, 0.29) is 6.42 Å². The van der Waals surface area contributed by atoms with Crippen LogP contribution in [0.2, 0.25) is 0 Å². The molecular weight excluding hydrogens is 277 g/mol. The standard InChI is InChI=1S/C11H13BrFNO2/c1-6(13)8-3-2-7(4-9(8)12)10(14)5-11(15)16/h2-4,6,10H,5,14H2,1H3,(H,15,16). The lowest BCUT2D eigenvalue weighted by molar-refractivity contribution is -0.137. The van der Waals surface area contributed by atoms with Crippen LogP contribution in [0.3, 0.4) is 0 Å². The third-order valence-electron chi connectivity index (χ3n) is 2.28. The molecule has 3 N–H and O–H groups in total. The molecular formula is C11H13BrFNO2. The van der Waals surface area contributed by atoms with Crippen molar-refractivity contribution in [1.29, 1.82) is 0 Å². The van der Waals surface area contributed by atoms with E-state index in [2.05, 4.69) is 15.9 Å². The van der Waals surface area contributed by atoms with Gasteiger partial charge in [-0.05, 0) is 24.1 Å². The van der Waals surface area contributed by atoms with Gasteiger partial charge >= 0.3 is 5.97 Å². The Balaban J connectivity index is 2.92. The van der Waals surface area contributed by atoms with Crippen molar-refractivity contribution >= 4 is 21.9 Å². The van der Waals surface area contributed by atoms with Gasteiger partial charge in [0.2, 0.25) is 0 Å². The van der Waals surface area contributed by atoms with E-state index in [1.165, 1.54) is 6.92 Å². The molecule has 2 atom stereocenters. The van der Waals surface area contributed by atoms with Gasteiger partial charge in [0, 0.05) is 10.5 Å². The van der Waals surface area contributed by atoms with Crippen LogP contribution in [0.4, 0.5) is 4.39 Å². The molecule has 0 heterocycles. The molecule has 1 aromatic rings. The van der Waals surface area contributed by atoms with Crippen LogP contribution in [0.25, 0.3) is 0 Å². The highest BCUT2D eigenvalue weighted by Crippen LogP contribution is 2.28. The fraction of sp³-hybridized carbons (Fsp3) is 0.364. The van der Waals surface area contributed by atoms with Crippen LogP contribution in [-0.2, 0) is 4.79 Å². The summed E-state index contributed by atoms with van der Waals surface area (Å²) in [6.45, 7) is 1.44. The minimum Gasteiger partial charge on any atom is -0.481 e. The van der Waals surface area contributed by atoms with E-state index in [0.29, 0.717) is 15.6 Å². The molecule has 0 aromatic heterocycles. The molecule has 0 saturated heterocycles. The zero-order valence-electron chi connectivity index (χ0n) is 8.78. The van der Waals surface area contributed by atoms with E-state index < -0.39 is 18.2 Å². The van der Waals surface area contributed by atoms with E-state index in [1.54, 1.807) is 18.2 Å². The number of hydrogen-bond acceptors (Lipinski definition) is 2. The number of hydrogen-bond donors (Lipinski definition) is 2. The fourth-order valence-electron chi connectivity index (χ4n) is 1.40.